The molecule has 0 spiro atoms. The molecular formula is C17H18O3. The van der Waals surface area contributed by atoms with Gasteiger partial charge in [0.1, 0.15) is 5.75 Å². The molecule has 2 aromatic carbocycles. The van der Waals surface area contributed by atoms with Crippen LogP contribution in [-0.2, 0) is 10.2 Å². The molecule has 3 nitrogen and oxygen atoms in total. The molecule has 104 valence electrons. The van der Waals surface area contributed by atoms with Gasteiger partial charge in [-0.15, -0.1) is 0 Å². The van der Waals surface area contributed by atoms with E-state index in [4.69, 9.17) is 4.74 Å². The van der Waals surface area contributed by atoms with Crippen LogP contribution in [0.15, 0.2) is 48.5 Å². The van der Waals surface area contributed by atoms with E-state index in [9.17, 15) is 9.90 Å². The topological polar surface area (TPSA) is 46.5 Å². The molecular weight excluding hydrogens is 252 g/mol. The Balaban J connectivity index is 2.41. The number of carboxylic acids is 1. The van der Waals surface area contributed by atoms with Gasteiger partial charge in [0.05, 0.1) is 12.5 Å². The van der Waals surface area contributed by atoms with E-state index in [0.717, 1.165) is 22.4 Å². The maximum absolute atomic E-state index is 11.3. The van der Waals surface area contributed by atoms with Crippen molar-refractivity contribution >= 4 is 5.97 Å². The predicted octanol–water partition coefficient (Wildman–Crippen LogP) is 3.72. The van der Waals surface area contributed by atoms with Crippen LogP contribution in [0.2, 0.25) is 0 Å². The highest BCUT2D eigenvalue weighted by Crippen LogP contribution is 2.29. The Labute approximate surface area is 118 Å². The van der Waals surface area contributed by atoms with Crippen LogP contribution in [0.1, 0.15) is 19.4 Å². The van der Waals surface area contributed by atoms with E-state index in [-0.39, 0.29) is 0 Å². The number of benzene rings is 2. The van der Waals surface area contributed by atoms with Crippen LogP contribution in [0, 0.1) is 0 Å². The standard InChI is InChI=1S/C17H18O3/c1-17(2,16(18)19)14-6-4-5-13(11-14)12-7-9-15(20-3)10-8-12/h4-11H,1-3H3,(H,18,19). The van der Waals surface area contributed by atoms with Crippen LogP contribution in [0.25, 0.3) is 11.1 Å². The lowest BCUT2D eigenvalue weighted by Crippen LogP contribution is -2.28. The Morgan fingerprint density at radius 1 is 1.05 bits per heavy atom. The van der Waals surface area contributed by atoms with Crippen molar-refractivity contribution in [3.05, 3.63) is 54.1 Å². The van der Waals surface area contributed by atoms with Crippen molar-refractivity contribution in [2.45, 2.75) is 19.3 Å². The van der Waals surface area contributed by atoms with Crippen molar-refractivity contribution in [3.8, 4) is 16.9 Å². The summed E-state index contributed by atoms with van der Waals surface area (Å²) in [5, 5.41) is 9.31. The van der Waals surface area contributed by atoms with Crippen molar-refractivity contribution in [1.82, 2.24) is 0 Å². The van der Waals surface area contributed by atoms with Crippen LogP contribution < -0.4 is 4.74 Å². The van der Waals surface area contributed by atoms with E-state index in [2.05, 4.69) is 0 Å². The Morgan fingerprint density at radius 3 is 2.25 bits per heavy atom. The minimum atomic E-state index is -0.900. The Bertz CT molecular complexity index is 612. The molecule has 2 aromatic rings. The zero-order valence-electron chi connectivity index (χ0n) is 11.9. The summed E-state index contributed by atoms with van der Waals surface area (Å²) in [7, 11) is 1.63. The van der Waals surface area contributed by atoms with Gasteiger partial charge in [-0.1, -0.05) is 36.4 Å². The lowest BCUT2D eigenvalue weighted by Gasteiger charge is -2.20. The largest absolute Gasteiger partial charge is 0.497 e. The fourth-order valence-corrected chi connectivity index (χ4v) is 1.99. The fourth-order valence-electron chi connectivity index (χ4n) is 1.99. The molecule has 0 amide bonds. The summed E-state index contributed by atoms with van der Waals surface area (Å²) in [6.07, 6.45) is 0. The average Bonchev–Trinajstić information content (AvgIpc) is 2.47. The van der Waals surface area contributed by atoms with Gasteiger partial charge in [0.25, 0.3) is 0 Å². The van der Waals surface area contributed by atoms with Crippen LogP contribution >= 0.6 is 0 Å². The number of methoxy groups -OCH3 is 1. The van der Waals surface area contributed by atoms with Gasteiger partial charge in [-0.05, 0) is 42.7 Å². The first kappa shape index (κ1) is 14.1. The molecule has 3 heteroatoms. The monoisotopic (exact) mass is 270 g/mol. The van der Waals surface area contributed by atoms with E-state index >= 15 is 0 Å². The SMILES string of the molecule is COc1ccc(-c2cccc(C(C)(C)C(=O)O)c2)cc1. The number of carbonyl (C=O) groups is 1. The number of rotatable bonds is 4. The average molecular weight is 270 g/mol. The maximum atomic E-state index is 11.3. The third-order valence-corrected chi connectivity index (χ3v) is 3.54. The molecule has 0 saturated heterocycles. The van der Waals surface area contributed by atoms with Crippen LogP contribution in [0.5, 0.6) is 5.75 Å². The third-order valence-electron chi connectivity index (χ3n) is 3.54. The van der Waals surface area contributed by atoms with Crippen molar-refractivity contribution in [2.24, 2.45) is 0 Å². The highest BCUT2D eigenvalue weighted by molar-refractivity contribution is 5.81. The van der Waals surface area contributed by atoms with Gasteiger partial charge in [0.15, 0.2) is 0 Å². The summed E-state index contributed by atoms with van der Waals surface area (Å²) in [5.74, 6) is -0.0276. The predicted molar refractivity (Wildman–Crippen MR) is 79.1 cm³/mol. The number of hydrogen-bond acceptors (Lipinski definition) is 2. The lowest BCUT2D eigenvalue weighted by atomic mass is 9.83. The summed E-state index contributed by atoms with van der Waals surface area (Å²) < 4.78 is 5.14. The first-order valence-corrected chi connectivity index (χ1v) is 6.43. The number of hydrogen-bond donors (Lipinski definition) is 1. The first-order valence-electron chi connectivity index (χ1n) is 6.43. The highest BCUT2D eigenvalue weighted by atomic mass is 16.5. The fraction of sp³-hybridized carbons (Fsp3) is 0.235. The van der Waals surface area contributed by atoms with Gasteiger partial charge in [0.2, 0.25) is 0 Å². The normalized spacial score (nSPS) is 11.2. The number of carboxylic acid groups (broad SMARTS) is 1. The zero-order valence-corrected chi connectivity index (χ0v) is 11.9. The molecule has 20 heavy (non-hydrogen) atoms. The van der Waals surface area contributed by atoms with Crippen LogP contribution in [0.3, 0.4) is 0 Å². The van der Waals surface area contributed by atoms with E-state index in [0.29, 0.717) is 0 Å². The molecule has 0 saturated carbocycles. The van der Waals surface area contributed by atoms with Crippen molar-refractivity contribution < 1.29 is 14.6 Å². The Morgan fingerprint density at radius 2 is 1.70 bits per heavy atom. The molecule has 2 rings (SSSR count). The van der Waals surface area contributed by atoms with E-state index < -0.39 is 11.4 Å². The van der Waals surface area contributed by atoms with Gasteiger partial charge in [-0.3, -0.25) is 4.79 Å². The molecule has 0 aliphatic carbocycles. The van der Waals surface area contributed by atoms with Crippen LogP contribution in [-0.4, -0.2) is 18.2 Å². The molecule has 0 bridgehead atoms. The minimum absolute atomic E-state index is 0.790. The Kier molecular flexibility index (Phi) is 3.79. The third kappa shape index (κ3) is 2.67. The minimum Gasteiger partial charge on any atom is -0.497 e. The zero-order chi connectivity index (χ0) is 14.8. The summed E-state index contributed by atoms with van der Waals surface area (Å²) in [6.45, 7) is 3.42. The molecule has 0 aliphatic heterocycles. The van der Waals surface area contributed by atoms with Crippen LogP contribution in [0.4, 0.5) is 0 Å². The molecule has 0 aliphatic rings. The number of ether oxygens (including phenoxy) is 1. The smallest absolute Gasteiger partial charge is 0.313 e. The van der Waals surface area contributed by atoms with Gasteiger partial charge in [-0.25, -0.2) is 0 Å². The highest BCUT2D eigenvalue weighted by Gasteiger charge is 2.29. The molecule has 0 unspecified atom stereocenters. The van der Waals surface area contributed by atoms with Gasteiger partial charge >= 0.3 is 5.97 Å². The van der Waals surface area contributed by atoms with Crippen molar-refractivity contribution in [2.75, 3.05) is 7.11 Å². The van der Waals surface area contributed by atoms with Crippen molar-refractivity contribution in [3.63, 3.8) is 0 Å². The molecule has 0 heterocycles. The second kappa shape index (κ2) is 5.37. The molecule has 1 N–H and O–H groups in total. The lowest BCUT2D eigenvalue weighted by molar-refractivity contribution is -0.142. The van der Waals surface area contributed by atoms with E-state index in [1.807, 2.05) is 48.5 Å². The maximum Gasteiger partial charge on any atom is 0.313 e. The number of aliphatic carboxylic acids is 1. The molecule has 0 aromatic heterocycles. The van der Waals surface area contributed by atoms with E-state index in [1.54, 1.807) is 21.0 Å². The summed E-state index contributed by atoms with van der Waals surface area (Å²) in [4.78, 5) is 11.3. The molecule has 0 radical (unpaired) electrons. The van der Waals surface area contributed by atoms with Gasteiger partial charge in [-0.2, -0.15) is 0 Å². The second-order valence-corrected chi connectivity index (χ2v) is 5.24. The van der Waals surface area contributed by atoms with Gasteiger partial charge < -0.3 is 9.84 Å². The first-order chi connectivity index (χ1) is 9.45. The van der Waals surface area contributed by atoms with E-state index in [1.165, 1.54) is 0 Å². The van der Waals surface area contributed by atoms with Crippen molar-refractivity contribution in [1.29, 1.82) is 0 Å². The summed E-state index contributed by atoms with van der Waals surface area (Å²) in [5.41, 5.74) is 1.93. The summed E-state index contributed by atoms with van der Waals surface area (Å²) in [6, 6.07) is 15.4. The quantitative estimate of drug-likeness (QED) is 0.921. The Hall–Kier alpha value is -2.29. The second-order valence-electron chi connectivity index (χ2n) is 5.24. The molecule has 0 fully saturated rings. The summed E-state index contributed by atoms with van der Waals surface area (Å²) >= 11 is 0. The van der Waals surface area contributed by atoms with Gasteiger partial charge in [0, 0.05) is 0 Å². The molecule has 0 atom stereocenters.